The SMILES string of the molecule is CCCCCOC(=O)N(C(=O)OC(C)CCC)C(Cc1cc(OC)c(OC)cc1F)C(=O)OC. The molecule has 0 aliphatic rings. The average molecular weight is 486 g/mol. The molecule has 2 atom stereocenters. The zero-order chi connectivity index (χ0) is 25.7. The molecule has 0 aliphatic heterocycles. The van der Waals surface area contributed by atoms with Gasteiger partial charge in [-0.1, -0.05) is 33.1 Å². The Kier molecular flexibility index (Phi) is 12.8. The van der Waals surface area contributed by atoms with E-state index in [1.165, 1.54) is 20.3 Å². The summed E-state index contributed by atoms with van der Waals surface area (Å²) in [5.41, 5.74) is 0.00578. The van der Waals surface area contributed by atoms with Gasteiger partial charge in [-0.3, -0.25) is 0 Å². The van der Waals surface area contributed by atoms with Gasteiger partial charge in [0.25, 0.3) is 0 Å². The van der Waals surface area contributed by atoms with Gasteiger partial charge in [-0.25, -0.2) is 18.8 Å². The van der Waals surface area contributed by atoms with Gasteiger partial charge in [0.2, 0.25) is 0 Å². The van der Waals surface area contributed by atoms with Gasteiger partial charge in [0.05, 0.1) is 27.9 Å². The molecule has 0 N–H and O–H groups in total. The predicted molar refractivity (Wildman–Crippen MR) is 123 cm³/mol. The Bertz CT molecular complexity index is 816. The van der Waals surface area contributed by atoms with Crippen LogP contribution in [0.25, 0.3) is 0 Å². The van der Waals surface area contributed by atoms with Gasteiger partial charge in [-0.05, 0) is 31.4 Å². The van der Waals surface area contributed by atoms with Gasteiger partial charge >= 0.3 is 18.2 Å². The van der Waals surface area contributed by atoms with Crippen molar-refractivity contribution in [2.45, 2.75) is 71.4 Å². The van der Waals surface area contributed by atoms with Crippen LogP contribution in [0.5, 0.6) is 11.5 Å². The molecule has 0 spiro atoms. The predicted octanol–water partition coefficient (Wildman–Crippen LogP) is 4.88. The number of nitrogens with zero attached hydrogens (tertiary/aromatic N) is 1. The third-order valence-corrected chi connectivity index (χ3v) is 5.11. The van der Waals surface area contributed by atoms with Crippen LogP contribution in [-0.4, -0.2) is 63.1 Å². The fraction of sp³-hybridized carbons (Fsp3) is 0.625. The summed E-state index contributed by atoms with van der Waals surface area (Å²) in [6.45, 7) is 5.64. The summed E-state index contributed by atoms with van der Waals surface area (Å²) in [5.74, 6) is -1.27. The fourth-order valence-electron chi connectivity index (χ4n) is 3.28. The second-order valence-electron chi connectivity index (χ2n) is 7.72. The van der Waals surface area contributed by atoms with E-state index in [-0.39, 0.29) is 30.1 Å². The third kappa shape index (κ3) is 8.39. The zero-order valence-electron chi connectivity index (χ0n) is 20.9. The number of unbranched alkanes of at least 4 members (excludes halogenated alkanes) is 2. The maximum Gasteiger partial charge on any atom is 0.420 e. The van der Waals surface area contributed by atoms with E-state index in [1.54, 1.807) is 6.92 Å². The molecule has 2 amide bonds. The number of esters is 1. The summed E-state index contributed by atoms with van der Waals surface area (Å²) < 4.78 is 40.5. The number of carbonyl (C=O) groups is 3. The van der Waals surface area contributed by atoms with E-state index >= 15 is 0 Å². The first-order chi connectivity index (χ1) is 16.2. The van der Waals surface area contributed by atoms with Crippen molar-refractivity contribution in [3.8, 4) is 11.5 Å². The van der Waals surface area contributed by atoms with Crippen molar-refractivity contribution in [3.63, 3.8) is 0 Å². The van der Waals surface area contributed by atoms with Crippen molar-refractivity contribution in [3.05, 3.63) is 23.5 Å². The van der Waals surface area contributed by atoms with Crippen LogP contribution in [0.15, 0.2) is 12.1 Å². The summed E-state index contributed by atoms with van der Waals surface area (Å²) in [6.07, 6.45) is 0.572. The molecule has 10 heteroatoms. The van der Waals surface area contributed by atoms with Gasteiger partial charge < -0.3 is 23.7 Å². The Balaban J connectivity index is 3.35. The van der Waals surface area contributed by atoms with Crippen LogP contribution in [0.1, 0.15) is 58.4 Å². The molecule has 1 aromatic carbocycles. The number of carbonyl (C=O) groups excluding carboxylic acids is 3. The van der Waals surface area contributed by atoms with Crippen molar-refractivity contribution in [2.75, 3.05) is 27.9 Å². The van der Waals surface area contributed by atoms with Gasteiger partial charge in [-0.15, -0.1) is 0 Å². The van der Waals surface area contributed by atoms with Gasteiger partial charge in [-0.2, -0.15) is 4.90 Å². The smallest absolute Gasteiger partial charge is 0.420 e. The number of hydrogen-bond donors (Lipinski definition) is 0. The Hall–Kier alpha value is -3.04. The summed E-state index contributed by atoms with van der Waals surface area (Å²) in [7, 11) is 3.85. The highest BCUT2D eigenvalue weighted by Crippen LogP contribution is 2.31. The Morgan fingerprint density at radius 3 is 2.18 bits per heavy atom. The zero-order valence-corrected chi connectivity index (χ0v) is 20.9. The molecule has 0 saturated carbocycles. The van der Waals surface area contributed by atoms with Gasteiger partial charge in [0.15, 0.2) is 11.5 Å². The van der Waals surface area contributed by atoms with E-state index in [9.17, 15) is 18.8 Å². The highest BCUT2D eigenvalue weighted by molar-refractivity contribution is 5.94. The van der Waals surface area contributed by atoms with Crippen molar-refractivity contribution in [1.29, 1.82) is 0 Å². The number of methoxy groups -OCH3 is 3. The Labute approximate surface area is 200 Å². The second-order valence-corrected chi connectivity index (χ2v) is 7.72. The van der Waals surface area contributed by atoms with E-state index < -0.39 is 36.1 Å². The molecule has 0 radical (unpaired) electrons. The molecule has 0 fully saturated rings. The van der Waals surface area contributed by atoms with Crippen LogP contribution in [0.4, 0.5) is 14.0 Å². The van der Waals surface area contributed by atoms with Crippen molar-refractivity contribution < 1.29 is 42.5 Å². The van der Waals surface area contributed by atoms with Crippen LogP contribution in [0.2, 0.25) is 0 Å². The molecule has 0 aliphatic carbocycles. The minimum absolute atomic E-state index is 0.00578. The van der Waals surface area contributed by atoms with E-state index in [0.717, 1.165) is 32.4 Å². The summed E-state index contributed by atoms with van der Waals surface area (Å²) in [5, 5.41) is 0. The molecule has 0 heterocycles. The lowest BCUT2D eigenvalue weighted by molar-refractivity contribution is -0.146. The second kappa shape index (κ2) is 15.0. The molecule has 192 valence electrons. The van der Waals surface area contributed by atoms with Crippen LogP contribution < -0.4 is 9.47 Å². The standard InChI is InChI=1S/C24H36FNO8/c1-7-9-10-12-33-23(28)26(24(29)34-16(3)11-8-2)19(22(27)32-6)13-17-14-20(30-4)21(31-5)15-18(17)25/h14-16,19H,7-13H2,1-6H3. The van der Waals surface area contributed by atoms with E-state index in [1.807, 2.05) is 13.8 Å². The number of halogens is 1. The maximum atomic E-state index is 14.8. The Morgan fingerprint density at radius 2 is 1.62 bits per heavy atom. The summed E-state index contributed by atoms with van der Waals surface area (Å²) in [4.78, 5) is 39.1. The number of imide groups is 1. The molecule has 1 rings (SSSR count). The normalized spacial score (nSPS) is 12.3. The molecule has 0 saturated heterocycles. The summed E-state index contributed by atoms with van der Waals surface area (Å²) >= 11 is 0. The number of amides is 2. The lowest BCUT2D eigenvalue weighted by Crippen LogP contribution is -2.51. The van der Waals surface area contributed by atoms with Crippen LogP contribution >= 0.6 is 0 Å². The largest absolute Gasteiger partial charge is 0.493 e. The van der Waals surface area contributed by atoms with E-state index in [0.29, 0.717) is 17.7 Å². The lowest BCUT2D eigenvalue weighted by atomic mass is 10.0. The van der Waals surface area contributed by atoms with E-state index in [2.05, 4.69) is 0 Å². The molecule has 0 bridgehead atoms. The number of hydrogen-bond acceptors (Lipinski definition) is 8. The monoisotopic (exact) mass is 485 g/mol. The molecular weight excluding hydrogens is 449 g/mol. The van der Waals surface area contributed by atoms with Crippen molar-refractivity contribution >= 4 is 18.2 Å². The molecular formula is C24H36FNO8. The van der Waals surface area contributed by atoms with Gasteiger partial charge in [0.1, 0.15) is 18.0 Å². The highest BCUT2D eigenvalue weighted by Gasteiger charge is 2.39. The average Bonchev–Trinajstić information content (AvgIpc) is 2.81. The molecule has 0 aromatic heterocycles. The van der Waals surface area contributed by atoms with Crippen molar-refractivity contribution in [1.82, 2.24) is 4.90 Å². The van der Waals surface area contributed by atoms with E-state index in [4.69, 9.17) is 23.7 Å². The van der Waals surface area contributed by atoms with Crippen LogP contribution in [-0.2, 0) is 25.4 Å². The first-order valence-corrected chi connectivity index (χ1v) is 11.4. The van der Waals surface area contributed by atoms with Crippen LogP contribution in [0.3, 0.4) is 0 Å². The first-order valence-electron chi connectivity index (χ1n) is 11.4. The molecule has 2 unspecified atom stereocenters. The number of ether oxygens (including phenoxy) is 5. The third-order valence-electron chi connectivity index (χ3n) is 5.11. The first kappa shape index (κ1) is 29.0. The highest BCUT2D eigenvalue weighted by atomic mass is 19.1. The topological polar surface area (TPSA) is 101 Å². The Morgan fingerprint density at radius 1 is 0.971 bits per heavy atom. The molecule has 1 aromatic rings. The fourth-order valence-corrected chi connectivity index (χ4v) is 3.28. The minimum atomic E-state index is -1.53. The molecule has 34 heavy (non-hydrogen) atoms. The number of benzene rings is 1. The van der Waals surface area contributed by atoms with Gasteiger partial charge in [0, 0.05) is 12.5 Å². The number of rotatable bonds is 13. The minimum Gasteiger partial charge on any atom is -0.493 e. The quantitative estimate of drug-likeness (QED) is 0.221. The summed E-state index contributed by atoms with van der Waals surface area (Å²) in [6, 6.07) is 0.898. The van der Waals surface area contributed by atoms with Crippen molar-refractivity contribution in [2.24, 2.45) is 0 Å². The van der Waals surface area contributed by atoms with Crippen LogP contribution in [0, 0.1) is 5.82 Å². The maximum absolute atomic E-state index is 14.8. The molecule has 9 nitrogen and oxygen atoms in total. The lowest BCUT2D eigenvalue weighted by Gasteiger charge is -2.28.